The standard InChI is InChI=1S/C18H24N4OS/c1-4-19-18(24)22-10-8-21(9-11-22)16-12-13(2)14-6-5-7-15(23-3)17(14)20-16/h5-7,12H,4,8-11H2,1-3H3,(H,19,24). The third kappa shape index (κ3) is 3.24. The predicted octanol–water partition coefficient (Wildman–Crippen LogP) is 2.57. The van der Waals surface area contributed by atoms with Crippen LogP contribution < -0.4 is 15.0 Å². The minimum Gasteiger partial charge on any atom is -0.494 e. The number of pyridine rings is 1. The van der Waals surface area contributed by atoms with Gasteiger partial charge in [-0.1, -0.05) is 12.1 Å². The molecular weight excluding hydrogens is 320 g/mol. The van der Waals surface area contributed by atoms with Crippen LogP contribution in [-0.4, -0.2) is 54.8 Å². The van der Waals surface area contributed by atoms with Gasteiger partial charge in [-0.25, -0.2) is 4.98 Å². The SMILES string of the molecule is CCNC(=S)N1CCN(c2cc(C)c3cccc(OC)c3n2)CC1. The van der Waals surface area contributed by atoms with Crippen LogP contribution in [0.2, 0.25) is 0 Å². The van der Waals surface area contributed by atoms with Crippen molar-refractivity contribution in [1.29, 1.82) is 0 Å². The van der Waals surface area contributed by atoms with Crippen molar-refractivity contribution in [1.82, 2.24) is 15.2 Å². The predicted molar refractivity (Wildman–Crippen MR) is 103 cm³/mol. The van der Waals surface area contributed by atoms with E-state index in [0.717, 1.165) is 60.3 Å². The third-order valence-electron chi connectivity index (χ3n) is 4.43. The highest BCUT2D eigenvalue weighted by Crippen LogP contribution is 2.29. The van der Waals surface area contributed by atoms with Gasteiger partial charge in [0.25, 0.3) is 0 Å². The summed E-state index contributed by atoms with van der Waals surface area (Å²) in [6.45, 7) is 8.72. The molecule has 1 N–H and O–H groups in total. The lowest BCUT2D eigenvalue weighted by molar-refractivity contribution is 0.380. The van der Waals surface area contributed by atoms with Gasteiger partial charge in [-0.2, -0.15) is 0 Å². The van der Waals surface area contributed by atoms with Crippen LogP contribution in [0.25, 0.3) is 10.9 Å². The number of aryl methyl sites for hydroxylation is 1. The van der Waals surface area contributed by atoms with Crippen molar-refractivity contribution in [3.63, 3.8) is 0 Å². The number of nitrogens with one attached hydrogen (secondary N) is 1. The van der Waals surface area contributed by atoms with Crippen molar-refractivity contribution >= 4 is 34.1 Å². The number of anilines is 1. The molecule has 0 radical (unpaired) electrons. The highest BCUT2D eigenvalue weighted by Gasteiger charge is 2.20. The van der Waals surface area contributed by atoms with Gasteiger partial charge < -0.3 is 19.9 Å². The Kier molecular flexibility index (Phi) is 5.04. The summed E-state index contributed by atoms with van der Waals surface area (Å²) in [6.07, 6.45) is 0. The molecule has 2 aromatic rings. The minimum atomic E-state index is 0.824. The first-order valence-corrected chi connectivity index (χ1v) is 8.77. The summed E-state index contributed by atoms with van der Waals surface area (Å²) in [4.78, 5) is 9.42. The molecule has 0 spiro atoms. The molecule has 1 aliphatic rings. The number of fused-ring (bicyclic) bond motifs is 1. The second-order valence-electron chi connectivity index (χ2n) is 5.96. The van der Waals surface area contributed by atoms with Crippen LogP contribution >= 0.6 is 12.2 Å². The van der Waals surface area contributed by atoms with E-state index in [1.54, 1.807) is 7.11 Å². The Morgan fingerprint density at radius 1 is 1.29 bits per heavy atom. The lowest BCUT2D eigenvalue weighted by Crippen LogP contribution is -2.51. The summed E-state index contributed by atoms with van der Waals surface area (Å²) in [6, 6.07) is 8.23. The van der Waals surface area contributed by atoms with E-state index in [1.165, 1.54) is 5.56 Å². The topological polar surface area (TPSA) is 40.6 Å². The van der Waals surface area contributed by atoms with E-state index >= 15 is 0 Å². The molecular formula is C18H24N4OS. The molecule has 24 heavy (non-hydrogen) atoms. The molecule has 1 aliphatic heterocycles. The lowest BCUT2D eigenvalue weighted by Gasteiger charge is -2.37. The van der Waals surface area contributed by atoms with Crippen molar-refractivity contribution in [2.45, 2.75) is 13.8 Å². The first-order chi connectivity index (χ1) is 11.6. The number of aromatic nitrogens is 1. The molecule has 0 atom stereocenters. The summed E-state index contributed by atoms with van der Waals surface area (Å²) >= 11 is 5.41. The summed E-state index contributed by atoms with van der Waals surface area (Å²) in [5.41, 5.74) is 2.15. The molecule has 0 amide bonds. The molecule has 0 aliphatic carbocycles. The van der Waals surface area contributed by atoms with Crippen LogP contribution in [0.5, 0.6) is 5.75 Å². The van der Waals surface area contributed by atoms with Gasteiger partial charge in [0.1, 0.15) is 17.1 Å². The van der Waals surface area contributed by atoms with E-state index in [4.69, 9.17) is 21.9 Å². The number of nitrogens with zero attached hydrogens (tertiary/aromatic N) is 3. The summed E-state index contributed by atoms with van der Waals surface area (Å²) < 4.78 is 5.49. The zero-order valence-corrected chi connectivity index (χ0v) is 15.3. The fourth-order valence-electron chi connectivity index (χ4n) is 3.10. The first-order valence-electron chi connectivity index (χ1n) is 8.36. The van der Waals surface area contributed by atoms with Gasteiger partial charge in [0.15, 0.2) is 5.11 Å². The Morgan fingerprint density at radius 2 is 2.04 bits per heavy atom. The average Bonchev–Trinajstić information content (AvgIpc) is 2.61. The average molecular weight is 344 g/mol. The number of thiocarbonyl (C=S) groups is 1. The van der Waals surface area contributed by atoms with Gasteiger partial charge in [0.05, 0.1) is 7.11 Å². The summed E-state index contributed by atoms with van der Waals surface area (Å²) in [7, 11) is 1.69. The highest BCUT2D eigenvalue weighted by molar-refractivity contribution is 7.80. The third-order valence-corrected chi connectivity index (χ3v) is 4.84. The lowest BCUT2D eigenvalue weighted by atomic mass is 10.1. The maximum atomic E-state index is 5.49. The van der Waals surface area contributed by atoms with Crippen LogP contribution in [-0.2, 0) is 0 Å². The molecule has 1 aromatic carbocycles. The van der Waals surface area contributed by atoms with Crippen LogP contribution in [0.4, 0.5) is 5.82 Å². The van der Waals surface area contributed by atoms with E-state index in [-0.39, 0.29) is 0 Å². The number of methoxy groups -OCH3 is 1. The molecule has 2 heterocycles. The van der Waals surface area contributed by atoms with Gasteiger partial charge in [0, 0.05) is 38.1 Å². The number of ether oxygens (including phenoxy) is 1. The van der Waals surface area contributed by atoms with Crippen molar-refractivity contribution < 1.29 is 4.74 Å². The first kappa shape index (κ1) is 16.8. The van der Waals surface area contributed by atoms with Crippen LogP contribution in [0.15, 0.2) is 24.3 Å². The second-order valence-corrected chi connectivity index (χ2v) is 6.35. The van der Waals surface area contributed by atoms with E-state index in [9.17, 15) is 0 Å². The molecule has 5 nitrogen and oxygen atoms in total. The fourth-order valence-corrected chi connectivity index (χ4v) is 3.43. The minimum absolute atomic E-state index is 0.824. The Balaban J connectivity index is 1.82. The molecule has 1 fully saturated rings. The number of rotatable bonds is 3. The maximum Gasteiger partial charge on any atom is 0.169 e. The van der Waals surface area contributed by atoms with E-state index in [2.05, 4.69) is 41.1 Å². The summed E-state index contributed by atoms with van der Waals surface area (Å²) in [5.74, 6) is 1.84. The molecule has 1 saturated heterocycles. The summed E-state index contributed by atoms with van der Waals surface area (Å²) in [5, 5.41) is 5.22. The van der Waals surface area contributed by atoms with Crippen LogP contribution in [0.3, 0.4) is 0 Å². The van der Waals surface area contributed by atoms with E-state index in [0.29, 0.717) is 0 Å². The molecule has 1 aromatic heterocycles. The number of hydrogen-bond donors (Lipinski definition) is 1. The van der Waals surface area contributed by atoms with E-state index in [1.807, 2.05) is 12.1 Å². The van der Waals surface area contributed by atoms with Gasteiger partial charge >= 0.3 is 0 Å². The highest BCUT2D eigenvalue weighted by atomic mass is 32.1. The normalized spacial score (nSPS) is 14.8. The van der Waals surface area contributed by atoms with Gasteiger partial charge in [-0.3, -0.25) is 0 Å². The zero-order valence-electron chi connectivity index (χ0n) is 14.5. The van der Waals surface area contributed by atoms with Crippen molar-refractivity contribution in [2.24, 2.45) is 0 Å². The second kappa shape index (κ2) is 7.21. The number of para-hydroxylation sites is 1. The van der Waals surface area contributed by atoms with Gasteiger partial charge in [0.2, 0.25) is 0 Å². The number of piperazine rings is 1. The van der Waals surface area contributed by atoms with Crippen molar-refractivity contribution in [3.05, 3.63) is 29.8 Å². The Morgan fingerprint density at radius 3 is 2.71 bits per heavy atom. The largest absolute Gasteiger partial charge is 0.494 e. The molecule has 0 unspecified atom stereocenters. The molecule has 0 saturated carbocycles. The van der Waals surface area contributed by atoms with Gasteiger partial charge in [-0.15, -0.1) is 0 Å². The van der Waals surface area contributed by atoms with Crippen molar-refractivity contribution in [2.75, 3.05) is 44.7 Å². The Labute approximate surface area is 148 Å². The van der Waals surface area contributed by atoms with Crippen LogP contribution in [0, 0.1) is 6.92 Å². The fraction of sp³-hybridized carbons (Fsp3) is 0.444. The smallest absolute Gasteiger partial charge is 0.169 e. The number of benzene rings is 1. The Hall–Kier alpha value is -2.08. The Bertz CT molecular complexity index is 741. The van der Waals surface area contributed by atoms with E-state index < -0.39 is 0 Å². The quantitative estimate of drug-likeness (QED) is 0.863. The zero-order chi connectivity index (χ0) is 17.1. The molecule has 128 valence electrons. The monoisotopic (exact) mass is 344 g/mol. The number of hydrogen-bond acceptors (Lipinski definition) is 4. The molecule has 3 rings (SSSR count). The van der Waals surface area contributed by atoms with Crippen molar-refractivity contribution in [3.8, 4) is 5.75 Å². The molecule has 6 heteroatoms. The van der Waals surface area contributed by atoms with Gasteiger partial charge in [-0.05, 0) is 43.8 Å². The molecule has 0 bridgehead atoms. The van der Waals surface area contributed by atoms with Crippen LogP contribution in [0.1, 0.15) is 12.5 Å². The maximum absolute atomic E-state index is 5.49.